The summed E-state index contributed by atoms with van der Waals surface area (Å²) in [6.45, 7) is 3.03. The molecule has 0 fully saturated rings. The van der Waals surface area contributed by atoms with Gasteiger partial charge in [0.05, 0.1) is 29.1 Å². The van der Waals surface area contributed by atoms with Crippen molar-refractivity contribution in [3.05, 3.63) is 100 Å². The first-order valence-electron chi connectivity index (χ1n) is 9.98. The summed E-state index contributed by atoms with van der Waals surface area (Å²) >= 11 is 12.0. The average molecular weight is 535 g/mol. The fraction of sp³-hybridized carbons (Fsp3) is 0.0833. The Labute approximate surface area is 212 Å². The third kappa shape index (κ3) is 5.94. The molecule has 0 aliphatic carbocycles. The second-order valence-electron chi connectivity index (χ2n) is 7.17. The zero-order chi connectivity index (χ0) is 25.8. The Morgan fingerprint density at radius 2 is 1.71 bits per heavy atom. The first-order valence-corrected chi connectivity index (χ1v) is 12.2. The average Bonchev–Trinajstić information content (AvgIpc) is 2.82. The number of sulfonamides is 1. The number of hydrogen-bond donors (Lipinski definition) is 2. The van der Waals surface area contributed by atoms with Gasteiger partial charge in [0.2, 0.25) is 0 Å². The molecule has 0 unspecified atom stereocenters. The van der Waals surface area contributed by atoms with E-state index in [1.165, 1.54) is 49.6 Å². The molecule has 0 bridgehead atoms. The Kier molecular flexibility index (Phi) is 8.06. The van der Waals surface area contributed by atoms with Gasteiger partial charge in [-0.05, 0) is 54.1 Å². The van der Waals surface area contributed by atoms with Gasteiger partial charge in [-0.25, -0.2) is 13.2 Å². The summed E-state index contributed by atoms with van der Waals surface area (Å²) in [5.41, 5.74) is 0.0771. The standard InChI is InChI=1S/C24H20Cl2N2O6S/c1-15(24(30)31)28(35(32,33)19-10-8-18(34-2)9-11-19)14-16-5-3-4-6-22(16)27-23(29)20-12-7-17(25)13-21(20)26/h3-13H,1,14H2,2H3,(H,27,29)(H,30,31). The van der Waals surface area contributed by atoms with E-state index in [9.17, 15) is 23.1 Å². The maximum Gasteiger partial charge on any atom is 0.352 e. The SMILES string of the molecule is C=C(C(=O)O)N(Cc1ccccc1NC(=O)c1ccc(Cl)cc1Cl)S(=O)(=O)c1ccc(OC)cc1. The third-order valence-corrected chi connectivity index (χ3v) is 7.30. The number of carbonyl (C=O) groups excluding carboxylic acids is 1. The van der Waals surface area contributed by atoms with Gasteiger partial charge in [-0.2, -0.15) is 0 Å². The monoisotopic (exact) mass is 534 g/mol. The summed E-state index contributed by atoms with van der Waals surface area (Å²) in [5.74, 6) is -1.64. The van der Waals surface area contributed by atoms with E-state index in [0.29, 0.717) is 20.6 Å². The number of amides is 1. The van der Waals surface area contributed by atoms with E-state index >= 15 is 0 Å². The van der Waals surface area contributed by atoms with Crippen molar-refractivity contribution >= 4 is 50.8 Å². The highest BCUT2D eigenvalue weighted by atomic mass is 35.5. The predicted molar refractivity (Wildman–Crippen MR) is 133 cm³/mol. The van der Waals surface area contributed by atoms with Crippen LogP contribution >= 0.6 is 23.2 Å². The fourth-order valence-corrected chi connectivity index (χ4v) is 5.01. The second-order valence-corrected chi connectivity index (χ2v) is 9.88. The van der Waals surface area contributed by atoms with Crippen molar-refractivity contribution in [2.24, 2.45) is 0 Å². The molecule has 0 atom stereocenters. The van der Waals surface area contributed by atoms with Crippen LogP contribution in [0.25, 0.3) is 0 Å². The quantitative estimate of drug-likeness (QED) is 0.371. The molecule has 3 aromatic carbocycles. The van der Waals surface area contributed by atoms with Gasteiger partial charge in [-0.3, -0.25) is 9.10 Å². The van der Waals surface area contributed by atoms with Crippen LogP contribution in [0.1, 0.15) is 15.9 Å². The fourth-order valence-electron chi connectivity index (χ4n) is 3.11. The van der Waals surface area contributed by atoms with Gasteiger partial charge >= 0.3 is 5.97 Å². The molecule has 2 N–H and O–H groups in total. The lowest BCUT2D eigenvalue weighted by atomic mass is 10.1. The molecule has 0 aromatic heterocycles. The minimum atomic E-state index is -4.33. The third-order valence-electron chi connectivity index (χ3n) is 4.95. The number of carboxylic acid groups (broad SMARTS) is 1. The van der Waals surface area contributed by atoms with Crippen molar-refractivity contribution in [3.63, 3.8) is 0 Å². The number of benzene rings is 3. The van der Waals surface area contributed by atoms with Crippen LogP contribution in [0.3, 0.4) is 0 Å². The van der Waals surface area contributed by atoms with E-state index in [1.54, 1.807) is 24.3 Å². The molecule has 182 valence electrons. The van der Waals surface area contributed by atoms with Gasteiger partial charge in [0.15, 0.2) is 0 Å². The highest BCUT2D eigenvalue weighted by molar-refractivity contribution is 7.89. The number of carboxylic acids is 1. The lowest BCUT2D eigenvalue weighted by Gasteiger charge is -2.25. The van der Waals surface area contributed by atoms with Gasteiger partial charge in [-0.1, -0.05) is 48.0 Å². The molecule has 3 aromatic rings. The van der Waals surface area contributed by atoms with Crippen molar-refractivity contribution < 1.29 is 27.9 Å². The van der Waals surface area contributed by atoms with E-state index in [0.717, 1.165) is 0 Å². The Hall–Kier alpha value is -3.53. The summed E-state index contributed by atoms with van der Waals surface area (Å²) in [6, 6.07) is 16.2. The van der Waals surface area contributed by atoms with Crippen molar-refractivity contribution in [2.45, 2.75) is 11.4 Å². The lowest BCUT2D eigenvalue weighted by molar-refractivity contribution is -0.133. The second kappa shape index (κ2) is 10.8. The van der Waals surface area contributed by atoms with E-state index in [2.05, 4.69) is 11.9 Å². The summed E-state index contributed by atoms with van der Waals surface area (Å²) in [7, 11) is -2.89. The Balaban J connectivity index is 1.97. The maximum absolute atomic E-state index is 13.4. The summed E-state index contributed by atoms with van der Waals surface area (Å²) in [4.78, 5) is 24.4. The van der Waals surface area contributed by atoms with E-state index < -0.39 is 34.1 Å². The van der Waals surface area contributed by atoms with Crippen LogP contribution in [0.15, 0.2) is 83.9 Å². The van der Waals surface area contributed by atoms with E-state index in [1.807, 2.05) is 0 Å². The van der Waals surface area contributed by atoms with E-state index in [4.69, 9.17) is 27.9 Å². The summed E-state index contributed by atoms with van der Waals surface area (Å²) in [5, 5.41) is 12.7. The number of anilines is 1. The molecule has 0 radical (unpaired) electrons. The van der Waals surface area contributed by atoms with Gasteiger partial charge in [-0.15, -0.1) is 0 Å². The molecule has 0 heterocycles. The number of nitrogens with zero attached hydrogens (tertiary/aromatic N) is 1. The topological polar surface area (TPSA) is 113 Å². The number of hydrogen-bond acceptors (Lipinski definition) is 5. The number of halogens is 2. The lowest BCUT2D eigenvalue weighted by Crippen LogP contribution is -2.33. The molecule has 0 spiro atoms. The van der Waals surface area contributed by atoms with Crippen LogP contribution in [0.2, 0.25) is 10.0 Å². The minimum Gasteiger partial charge on any atom is -0.497 e. The van der Waals surface area contributed by atoms with Gasteiger partial charge < -0.3 is 15.2 Å². The minimum absolute atomic E-state index is 0.135. The van der Waals surface area contributed by atoms with Gasteiger partial charge in [0.1, 0.15) is 11.4 Å². The molecule has 11 heteroatoms. The number of methoxy groups -OCH3 is 1. The normalized spacial score (nSPS) is 10.9. The number of para-hydroxylation sites is 1. The van der Waals surface area contributed by atoms with Crippen molar-refractivity contribution in [1.29, 1.82) is 0 Å². The number of ether oxygens (including phenoxy) is 1. The molecule has 35 heavy (non-hydrogen) atoms. The Morgan fingerprint density at radius 1 is 1.06 bits per heavy atom. The molecular formula is C24H20Cl2N2O6S. The highest BCUT2D eigenvalue weighted by Crippen LogP contribution is 2.28. The van der Waals surface area contributed by atoms with Crippen LogP contribution in [-0.4, -0.2) is 36.8 Å². The number of nitrogens with one attached hydrogen (secondary N) is 1. The zero-order valence-corrected chi connectivity index (χ0v) is 20.7. The first kappa shape index (κ1) is 26.1. The van der Waals surface area contributed by atoms with E-state index in [-0.39, 0.29) is 21.2 Å². The molecule has 0 saturated heterocycles. The van der Waals surface area contributed by atoms with Crippen molar-refractivity contribution in [3.8, 4) is 5.75 Å². The van der Waals surface area contributed by atoms with Gasteiger partial charge in [0, 0.05) is 10.7 Å². The number of rotatable bonds is 9. The molecule has 0 saturated carbocycles. The van der Waals surface area contributed by atoms with Crippen LogP contribution in [0.4, 0.5) is 5.69 Å². The van der Waals surface area contributed by atoms with Crippen LogP contribution in [0, 0.1) is 0 Å². The first-order chi connectivity index (χ1) is 16.5. The number of carbonyl (C=O) groups is 2. The van der Waals surface area contributed by atoms with Crippen molar-refractivity contribution in [1.82, 2.24) is 4.31 Å². The Bertz CT molecular complexity index is 1390. The number of aliphatic carboxylic acids is 1. The van der Waals surface area contributed by atoms with Crippen molar-refractivity contribution in [2.75, 3.05) is 12.4 Å². The van der Waals surface area contributed by atoms with Crippen LogP contribution < -0.4 is 10.1 Å². The molecule has 3 rings (SSSR count). The molecule has 0 aliphatic rings. The smallest absolute Gasteiger partial charge is 0.352 e. The van der Waals surface area contributed by atoms with Gasteiger partial charge in [0.25, 0.3) is 15.9 Å². The molecule has 0 aliphatic heterocycles. The maximum atomic E-state index is 13.4. The summed E-state index contributed by atoms with van der Waals surface area (Å²) < 4.78 is 32.4. The van der Waals surface area contributed by atoms with Crippen LogP contribution in [-0.2, 0) is 21.4 Å². The largest absolute Gasteiger partial charge is 0.497 e. The Morgan fingerprint density at radius 3 is 2.31 bits per heavy atom. The molecule has 1 amide bonds. The zero-order valence-electron chi connectivity index (χ0n) is 18.4. The summed E-state index contributed by atoms with van der Waals surface area (Å²) in [6.07, 6.45) is 0. The highest BCUT2D eigenvalue weighted by Gasteiger charge is 2.30. The molecular weight excluding hydrogens is 515 g/mol. The predicted octanol–water partition coefficient (Wildman–Crippen LogP) is 5.04. The molecule has 8 nitrogen and oxygen atoms in total. The van der Waals surface area contributed by atoms with Crippen LogP contribution in [0.5, 0.6) is 5.75 Å².